The van der Waals surface area contributed by atoms with Gasteiger partial charge in [-0.1, -0.05) is 133 Å². The maximum Gasteiger partial charge on any atom is 0.167 e. The highest BCUT2D eigenvalue weighted by molar-refractivity contribution is 6.22. The van der Waals surface area contributed by atoms with Crippen LogP contribution in [0.4, 0.5) is 0 Å². The monoisotopic (exact) mass is 730 g/mol. The number of rotatable bonds is 5. The largest absolute Gasteiger partial charge is 0.456 e. The highest BCUT2D eigenvalue weighted by Crippen LogP contribution is 2.45. The Labute approximate surface area is 325 Å². The second-order valence-electron chi connectivity index (χ2n) is 14.3. The van der Waals surface area contributed by atoms with E-state index in [1.54, 1.807) is 0 Å². The number of para-hydroxylation sites is 4. The van der Waals surface area contributed by atoms with Crippen molar-refractivity contribution in [2.45, 2.75) is 0 Å². The highest BCUT2D eigenvalue weighted by atomic mass is 16.3. The summed E-state index contributed by atoms with van der Waals surface area (Å²) in [6.07, 6.45) is 0. The second-order valence-corrected chi connectivity index (χ2v) is 14.3. The van der Waals surface area contributed by atoms with Crippen LogP contribution in [0.3, 0.4) is 0 Å². The van der Waals surface area contributed by atoms with Gasteiger partial charge in [0, 0.05) is 49.1 Å². The Morgan fingerprint density at radius 2 is 0.860 bits per heavy atom. The van der Waals surface area contributed by atoms with Gasteiger partial charge in [-0.25, -0.2) is 15.0 Å². The first kappa shape index (κ1) is 31.5. The molecule has 4 heterocycles. The fraction of sp³-hybridized carbons (Fsp3) is 0. The molecular weight excluding hydrogens is 701 g/mol. The third-order valence-corrected chi connectivity index (χ3v) is 11.1. The summed E-state index contributed by atoms with van der Waals surface area (Å²) in [6, 6.07) is 62.6. The highest BCUT2D eigenvalue weighted by Gasteiger charge is 2.23. The van der Waals surface area contributed by atoms with Crippen LogP contribution in [0.5, 0.6) is 0 Å². The molecule has 4 aromatic heterocycles. The van der Waals surface area contributed by atoms with Crippen LogP contribution in [-0.4, -0.2) is 19.5 Å². The van der Waals surface area contributed by atoms with Gasteiger partial charge in [0.2, 0.25) is 0 Å². The van der Waals surface area contributed by atoms with Gasteiger partial charge in [0.25, 0.3) is 0 Å². The van der Waals surface area contributed by atoms with E-state index in [1.165, 1.54) is 10.8 Å². The minimum atomic E-state index is 0.530. The Hall–Kier alpha value is -7.83. The third-order valence-electron chi connectivity index (χ3n) is 11.1. The summed E-state index contributed by atoms with van der Waals surface area (Å²) < 4.78 is 15.5. The van der Waals surface area contributed by atoms with Gasteiger partial charge in [0.15, 0.2) is 17.5 Å². The van der Waals surface area contributed by atoms with Crippen molar-refractivity contribution >= 4 is 65.7 Å². The van der Waals surface area contributed by atoms with E-state index in [9.17, 15) is 0 Å². The standard InChI is InChI=1S/C51H30N4O2/c1-3-15-31(16-4-1)49-52-50(38-24-14-29-43-47(38)36-20-8-10-28-42(36)56-43)54-51(53-49)39-25-11-23-37-46-34(22-13-30-44(46)57-48(37)39)33-21-12-27-41-45(33)35-19-7-9-26-40(35)55(41)32-17-5-2-6-18-32/h1-30H. The van der Waals surface area contributed by atoms with Crippen molar-refractivity contribution in [3.8, 4) is 51.0 Å². The average Bonchev–Trinajstić information content (AvgIpc) is 3.97. The predicted octanol–water partition coefficient (Wildman–Crippen LogP) is 13.4. The van der Waals surface area contributed by atoms with E-state index in [4.69, 9.17) is 23.8 Å². The molecule has 0 unspecified atom stereocenters. The molecule has 6 nitrogen and oxygen atoms in total. The number of aromatic nitrogens is 4. The molecule has 0 aliphatic carbocycles. The van der Waals surface area contributed by atoms with E-state index in [-0.39, 0.29) is 0 Å². The Bertz CT molecular complexity index is 3530. The van der Waals surface area contributed by atoms with Gasteiger partial charge in [0.1, 0.15) is 22.3 Å². The number of hydrogen-bond acceptors (Lipinski definition) is 5. The molecule has 266 valence electrons. The van der Waals surface area contributed by atoms with Gasteiger partial charge in [-0.15, -0.1) is 0 Å². The molecule has 0 saturated heterocycles. The molecular formula is C51H30N4O2. The van der Waals surface area contributed by atoms with Crippen molar-refractivity contribution < 1.29 is 8.83 Å². The first-order chi connectivity index (χ1) is 28.3. The fourth-order valence-corrected chi connectivity index (χ4v) is 8.64. The molecule has 0 aliphatic rings. The Morgan fingerprint density at radius 3 is 1.68 bits per heavy atom. The van der Waals surface area contributed by atoms with Crippen LogP contribution in [0, 0.1) is 0 Å². The zero-order valence-corrected chi connectivity index (χ0v) is 30.4. The van der Waals surface area contributed by atoms with Crippen LogP contribution in [0.25, 0.3) is 117 Å². The first-order valence-corrected chi connectivity index (χ1v) is 19.0. The van der Waals surface area contributed by atoms with Crippen LogP contribution >= 0.6 is 0 Å². The molecule has 0 spiro atoms. The molecule has 0 amide bonds. The van der Waals surface area contributed by atoms with Crippen molar-refractivity contribution in [2.75, 3.05) is 0 Å². The topological polar surface area (TPSA) is 69.9 Å². The number of fused-ring (bicyclic) bond motifs is 9. The lowest BCUT2D eigenvalue weighted by atomic mass is 9.95. The summed E-state index contributed by atoms with van der Waals surface area (Å²) in [7, 11) is 0. The van der Waals surface area contributed by atoms with Crippen molar-refractivity contribution in [2.24, 2.45) is 0 Å². The normalized spacial score (nSPS) is 11.9. The number of benzene rings is 8. The summed E-state index contributed by atoms with van der Waals surface area (Å²) in [5, 5.41) is 6.42. The summed E-state index contributed by atoms with van der Waals surface area (Å²) in [5.74, 6) is 1.67. The molecule has 12 aromatic rings. The molecule has 0 radical (unpaired) electrons. The summed E-state index contributed by atoms with van der Waals surface area (Å²) in [6.45, 7) is 0. The van der Waals surface area contributed by atoms with Gasteiger partial charge in [-0.05, 0) is 59.7 Å². The predicted molar refractivity (Wildman–Crippen MR) is 230 cm³/mol. The smallest absolute Gasteiger partial charge is 0.167 e. The molecule has 0 aliphatic heterocycles. The average molecular weight is 731 g/mol. The van der Waals surface area contributed by atoms with E-state index in [2.05, 4.69) is 120 Å². The van der Waals surface area contributed by atoms with E-state index in [0.717, 1.165) is 88.4 Å². The molecule has 57 heavy (non-hydrogen) atoms. The minimum Gasteiger partial charge on any atom is -0.456 e. The quantitative estimate of drug-likeness (QED) is 0.176. The van der Waals surface area contributed by atoms with Crippen molar-refractivity contribution in [3.63, 3.8) is 0 Å². The van der Waals surface area contributed by atoms with Crippen LogP contribution in [0.15, 0.2) is 191 Å². The van der Waals surface area contributed by atoms with E-state index >= 15 is 0 Å². The Kier molecular flexibility index (Phi) is 6.83. The second kappa shape index (κ2) is 12.3. The zero-order chi connectivity index (χ0) is 37.5. The van der Waals surface area contributed by atoms with Crippen LogP contribution < -0.4 is 0 Å². The summed E-state index contributed by atoms with van der Waals surface area (Å²) in [4.78, 5) is 15.4. The fourth-order valence-electron chi connectivity index (χ4n) is 8.64. The maximum absolute atomic E-state index is 6.86. The van der Waals surface area contributed by atoms with Gasteiger partial charge in [-0.2, -0.15) is 0 Å². The molecule has 0 N–H and O–H groups in total. The number of hydrogen-bond donors (Lipinski definition) is 0. The number of nitrogens with zero attached hydrogens (tertiary/aromatic N) is 4. The SMILES string of the molecule is c1ccc(-c2nc(-c3cccc4c3oc3cccc(-c5cccc6c5c5ccccc5n6-c5ccccc5)c34)nc(-c3cccc4oc5ccccc5c34)n2)cc1. The summed E-state index contributed by atoms with van der Waals surface area (Å²) in [5.41, 5.74) is 11.4. The van der Waals surface area contributed by atoms with E-state index in [1.807, 2.05) is 66.7 Å². The molecule has 0 saturated carbocycles. The molecule has 8 aromatic carbocycles. The van der Waals surface area contributed by atoms with Crippen molar-refractivity contribution in [1.29, 1.82) is 0 Å². The number of furan rings is 2. The van der Waals surface area contributed by atoms with Gasteiger partial charge >= 0.3 is 0 Å². The maximum atomic E-state index is 6.86. The lowest BCUT2D eigenvalue weighted by molar-refractivity contribution is 0.668. The van der Waals surface area contributed by atoms with Crippen molar-refractivity contribution in [1.82, 2.24) is 19.5 Å². The van der Waals surface area contributed by atoms with Crippen molar-refractivity contribution in [3.05, 3.63) is 182 Å². The lowest BCUT2D eigenvalue weighted by Gasteiger charge is -2.10. The Balaban J connectivity index is 1.10. The van der Waals surface area contributed by atoms with Gasteiger partial charge in [-0.3, -0.25) is 0 Å². The molecule has 0 bridgehead atoms. The molecule has 12 rings (SSSR count). The van der Waals surface area contributed by atoms with Crippen LogP contribution in [0.2, 0.25) is 0 Å². The first-order valence-electron chi connectivity index (χ1n) is 19.0. The van der Waals surface area contributed by atoms with Gasteiger partial charge in [0.05, 0.1) is 16.6 Å². The van der Waals surface area contributed by atoms with E-state index in [0.29, 0.717) is 17.5 Å². The summed E-state index contributed by atoms with van der Waals surface area (Å²) >= 11 is 0. The zero-order valence-electron chi connectivity index (χ0n) is 30.4. The minimum absolute atomic E-state index is 0.530. The van der Waals surface area contributed by atoms with E-state index < -0.39 is 0 Å². The van der Waals surface area contributed by atoms with Crippen LogP contribution in [0.1, 0.15) is 0 Å². The molecule has 0 atom stereocenters. The molecule has 6 heteroatoms. The van der Waals surface area contributed by atoms with Gasteiger partial charge < -0.3 is 13.4 Å². The third kappa shape index (κ3) is 4.81. The Morgan fingerprint density at radius 1 is 0.333 bits per heavy atom. The molecule has 0 fully saturated rings. The van der Waals surface area contributed by atoms with Crippen LogP contribution in [-0.2, 0) is 0 Å². The lowest BCUT2D eigenvalue weighted by Crippen LogP contribution is -2.00.